The zero-order chi connectivity index (χ0) is 16.2. The van der Waals surface area contributed by atoms with Gasteiger partial charge in [-0.05, 0) is 49.2 Å². The minimum atomic E-state index is -0.0657. The van der Waals surface area contributed by atoms with Gasteiger partial charge in [0.05, 0.1) is 6.54 Å². The minimum Gasteiger partial charge on any atom is -0.331 e. The SMILES string of the molecule is CC(=O)CN1CCc2cc(C#Cc3ccccc3)ccc2C1=O. The summed E-state index contributed by atoms with van der Waals surface area (Å²) in [6.07, 6.45) is 0.759. The minimum absolute atomic E-state index is 0.00662. The normalized spacial score (nSPS) is 13.1. The molecule has 0 fully saturated rings. The van der Waals surface area contributed by atoms with Crippen molar-refractivity contribution in [3.8, 4) is 11.8 Å². The van der Waals surface area contributed by atoms with Crippen LogP contribution in [-0.2, 0) is 11.2 Å². The van der Waals surface area contributed by atoms with Gasteiger partial charge in [0.25, 0.3) is 5.91 Å². The van der Waals surface area contributed by atoms with Crippen LogP contribution in [0, 0.1) is 11.8 Å². The number of carbonyl (C=O) groups is 2. The summed E-state index contributed by atoms with van der Waals surface area (Å²) in [6.45, 7) is 2.28. The number of hydrogen-bond acceptors (Lipinski definition) is 2. The fourth-order valence-electron chi connectivity index (χ4n) is 2.70. The quantitative estimate of drug-likeness (QED) is 0.800. The number of ketones is 1. The van der Waals surface area contributed by atoms with E-state index >= 15 is 0 Å². The summed E-state index contributed by atoms with van der Waals surface area (Å²) in [5, 5.41) is 0. The number of benzene rings is 2. The molecule has 1 heterocycles. The Morgan fingerprint density at radius 2 is 1.83 bits per heavy atom. The van der Waals surface area contributed by atoms with Crippen molar-refractivity contribution in [3.63, 3.8) is 0 Å². The number of rotatable bonds is 2. The number of fused-ring (bicyclic) bond motifs is 1. The molecule has 0 aromatic heterocycles. The summed E-state index contributed by atoms with van der Waals surface area (Å²) in [5.41, 5.74) is 3.56. The molecule has 2 aromatic rings. The van der Waals surface area contributed by atoms with Crippen molar-refractivity contribution >= 4 is 11.7 Å². The maximum absolute atomic E-state index is 12.4. The van der Waals surface area contributed by atoms with Gasteiger partial charge in [0.2, 0.25) is 0 Å². The lowest BCUT2D eigenvalue weighted by Gasteiger charge is -2.27. The molecule has 0 radical (unpaired) electrons. The van der Waals surface area contributed by atoms with Gasteiger partial charge in [-0.25, -0.2) is 0 Å². The van der Waals surface area contributed by atoms with Crippen molar-refractivity contribution in [3.05, 3.63) is 70.8 Å². The second kappa shape index (κ2) is 6.50. The molecule has 0 bridgehead atoms. The van der Waals surface area contributed by atoms with Gasteiger partial charge in [-0.3, -0.25) is 9.59 Å². The first-order valence-corrected chi connectivity index (χ1v) is 7.62. The summed E-state index contributed by atoms with van der Waals surface area (Å²) in [4.78, 5) is 25.2. The van der Waals surface area contributed by atoms with Crippen molar-refractivity contribution in [1.82, 2.24) is 4.90 Å². The van der Waals surface area contributed by atoms with E-state index in [2.05, 4.69) is 11.8 Å². The molecule has 1 aliphatic heterocycles. The highest BCUT2D eigenvalue weighted by atomic mass is 16.2. The van der Waals surface area contributed by atoms with E-state index < -0.39 is 0 Å². The number of hydrogen-bond donors (Lipinski definition) is 0. The van der Waals surface area contributed by atoms with E-state index in [1.54, 1.807) is 4.90 Å². The molecule has 0 unspecified atom stereocenters. The fourth-order valence-corrected chi connectivity index (χ4v) is 2.70. The average Bonchev–Trinajstić information content (AvgIpc) is 2.56. The Hall–Kier alpha value is -2.86. The largest absolute Gasteiger partial charge is 0.331 e. The monoisotopic (exact) mass is 303 g/mol. The lowest BCUT2D eigenvalue weighted by Crippen LogP contribution is -2.40. The van der Waals surface area contributed by atoms with E-state index in [9.17, 15) is 9.59 Å². The first kappa shape index (κ1) is 15.1. The number of nitrogens with zero attached hydrogens (tertiary/aromatic N) is 1. The first-order chi connectivity index (χ1) is 11.1. The van der Waals surface area contributed by atoms with Gasteiger partial charge in [0.1, 0.15) is 5.78 Å². The Balaban J connectivity index is 1.83. The van der Waals surface area contributed by atoms with Gasteiger partial charge >= 0.3 is 0 Å². The predicted octanol–water partition coefficient (Wildman–Crippen LogP) is 2.67. The summed E-state index contributed by atoms with van der Waals surface area (Å²) in [5.74, 6) is 6.21. The number of Topliss-reactive ketones (excluding diaryl/α,β-unsaturated/α-hetero) is 1. The van der Waals surface area contributed by atoms with Crippen LogP contribution in [0.1, 0.15) is 34.0 Å². The van der Waals surface area contributed by atoms with Crippen LogP contribution in [0.3, 0.4) is 0 Å². The second-order valence-corrected chi connectivity index (χ2v) is 5.67. The smallest absolute Gasteiger partial charge is 0.254 e. The maximum atomic E-state index is 12.4. The van der Waals surface area contributed by atoms with Crippen molar-refractivity contribution in [2.24, 2.45) is 0 Å². The van der Waals surface area contributed by atoms with E-state index in [0.29, 0.717) is 12.1 Å². The highest BCUT2D eigenvalue weighted by molar-refractivity contribution is 5.98. The molecule has 3 heteroatoms. The molecular formula is C20H17NO2. The van der Waals surface area contributed by atoms with Crippen LogP contribution in [-0.4, -0.2) is 29.7 Å². The maximum Gasteiger partial charge on any atom is 0.254 e. The third kappa shape index (κ3) is 3.49. The van der Waals surface area contributed by atoms with Gasteiger partial charge in [-0.2, -0.15) is 0 Å². The van der Waals surface area contributed by atoms with Gasteiger partial charge in [0, 0.05) is 23.2 Å². The molecule has 3 rings (SSSR count). The predicted molar refractivity (Wildman–Crippen MR) is 89.2 cm³/mol. The van der Waals surface area contributed by atoms with Crippen LogP contribution < -0.4 is 0 Å². The van der Waals surface area contributed by atoms with Gasteiger partial charge in [-0.1, -0.05) is 30.0 Å². The Labute approximate surface area is 135 Å². The molecule has 0 atom stereocenters. The molecule has 0 saturated heterocycles. The Morgan fingerprint density at radius 1 is 1.09 bits per heavy atom. The third-order valence-electron chi connectivity index (χ3n) is 3.81. The zero-order valence-corrected chi connectivity index (χ0v) is 13.0. The summed E-state index contributed by atoms with van der Waals surface area (Å²) in [6, 6.07) is 15.5. The fraction of sp³-hybridized carbons (Fsp3) is 0.200. The molecule has 0 N–H and O–H groups in total. The van der Waals surface area contributed by atoms with Crippen LogP contribution >= 0.6 is 0 Å². The summed E-state index contributed by atoms with van der Waals surface area (Å²) < 4.78 is 0. The summed E-state index contributed by atoms with van der Waals surface area (Å²) in [7, 11) is 0. The highest BCUT2D eigenvalue weighted by Gasteiger charge is 2.24. The van der Waals surface area contributed by atoms with Crippen LogP contribution in [0.5, 0.6) is 0 Å². The molecule has 0 saturated carbocycles. The number of carbonyl (C=O) groups excluding carboxylic acids is 2. The molecular weight excluding hydrogens is 286 g/mol. The molecule has 3 nitrogen and oxygen atoms in total. The van der Waals surface area contributed by atoms with Crippen molar-refractivity contribution in [1.29, 1.82) is 0 Å². The van der Waals surface area contributed by atoms with Crippen molar-refractivity contribution in [2.45, 2.75) is 13.3 Å². The molecule has 114 valence electrons. The number of amides is 1. The third-order valence-corrected chi connectivity index (χ3v) is 3.81. The molecule has 0 aliphatic carbocycles. The Morgan fingerprint density at radius 3 is 2.57 bits per heavy atom. The van der Waals surface area contributed by atoms with E-state index in [4.69, 9.17) is 0 Å². The Kier molecular flexibility index (Phi) is 4.25. The standard InChI is InChI=1S/C20H17NO2/c1-15(22)14-21-12-11-18-13-17(9-10-19(18)20(21)23)8-7-16-5-3-2-4-6-16/h2-6,9-10,13H,11-12,14H2,1H3. The zero-order valence-electron chi connectivity index (χ0n) is 13.0. The molecule has 1 amide bonds. The van der Waals surface area contributed by atoms with Crippen molar-refractivity contribution in [2.75, 3.05) is 13.1 Å². The van der Waals surface area contributed by atoms with Crippen LogP contribution in [0.15, 0.2) is 48.5 Å². The molecule has 0 spiro atoms. The molecule has 2 aromatic carbocycles. The van der Waals surface area contributed by atoms with Gasteiger partial charge in [-0.15, -0.1) is 0 Å². The van der Waals surface area contributed by atoms with Crippen LogP contribution in [0.25, 0.3) is 0 Å². The first-order valence-electron chi connectivity index (χ1n) is 7.62. The summed E-state index contributed by atoms with van der Waals surface area (Å²) >= 11 is 0. The lowest BCUT2D eigenvalue weighted by molar-refractivity contribution is -0.117. The topological polar surface area (TPSA) is 37.4 Å². The Bertz CT molecular complexity index is 813. The van der Waals surface area contributed by atoms with E-state index in [0.717, 1.165) is 23.1 Å². The van der Waals surface area contributed by atoms with Crippen LogP contribution in [0.2, 0.25) is 0 Å². The van der Waals surface area contributed by atoms with Gasteiger partial charge in [0.15, 0.2) is 0 Å². The van der Waals surface area contributed by atoms with E-state index in [-0.39, 0.29) is 18.2 Å². The van der Waals surface area contributed by atoms with E-state index in [1.807, 2.05) is 48.5 Å². The lowest BCUT2D eigenvalue weighted by atomic mass is 9.96. The second-order valence-electron chi connectivity index (χ2n) is 5.67. The van der Waals surface area contributed by atoms with Crippen LogP contribution in [0.4, 0.5) is 0 Å². The average molecular weight is 303 g/mol. The van der Waals surface area contributed by atoms with E-state index in [1.165, 1.54) is 6.92 Å². The van der Waals surface area contributed by atoms with Crippen molar-refractivity contribution < 1.29 is 9.59 Å². The molecule has 1 aliphatic rings. The van der Waals surface area contributed by atoms with Gasteiger partial charge < -0.3 is 4.90 Å². The molecule has 23 heavy (non-hydrogen) atoms. The highest BCUT2D eigenvalue weighted by Crippen LogP contribution is 2.20.